The number of hydrogen-bond acceptors (Lipinski definition) is 6. The van der Waals surface area contributed by atoms with Crippen molar-refractivity contribution in [1.82, 2.24) is 0 Å². The minimum absolute atomic E-state index is 0.00254. The number of aryl methyl sites for hydroxylation is 2. The summed E-state index contributed by atoms with van der Waals surface area (Å²) in [6.07, 6.45) is 1.04. The van der Waals surface area contributed by atoms with Crippen LogP contribution in [0.3, 0.4) is 0 Å². The fraction of sp³-hybridized carbons (Fsp3) is 0.240. The van der Waals surface area contributed by atoms with Gasteiger partial charge in [0.1, 0.15) is 11.8 Å². The van der Waals surface area contributed by atoms with Gasteiger partial charge in [0.05, 0.1) is 23.9 Å². The lowest BCUT2D eigenvalue weighted by molar-refractivity contribution is -0.116. The Balaban J connectivity index is 1.76. The molecule has 3 aromatic carbocycles. The molecule has 0 saturated heterocycles. The fourth-order valence-electron chi connectivity index (χ4n) is 3.51. The third-order valence-corrected chi connectivity index (χ3v) is 8.25. The van der Waals surface area contributed by atoms with E-state index < -0.39 is 32.0 Å². The number of anilines is 3. The molecule has 192 valence electrons. The Morgan fingerprint density at radius 2 is 1.44 bits per heavy atom. The molecule has 0 aliphatic carbocycles. The van der Waals surface area contributed by atoms with E-state index in [1.165, 1.54) is 38.3 Å². The zero-order valence-corrected chi connectivity index (χ0v) is 22.3. The third kappa shape index (κ3) is 6.35. The van der Waals surface area contributed by atoms with Crippen LogP contribution in [-0.2, 0) is 24.8 Å². The van der Waals surface area contributed by atoms with E-state index in [2.05, 4.69) is 10.0 Å². The lowest BCUT2D eigenvalue weighted by Gasteiger charge is -2.28. The number of methoxy groups -OCH3 is 1. The second-order valence-corrected chi connectivity index (χ2v) is 11.9. The maximum Gasteiger partial charge on any atom is 0.261 e. The Kier molecular flexibility index (Phi) is 7.95. The van der Waals surface area contributed by atoms with Crippen molar-refractivity contribution in [1.29, 1.82) is 0 Å². The highest BCUT2D eigenvalue weighted by atomic mass is 32.2. The molecule has 0 unspecified atom stereocenters. The first-order valence-electron chi connectivity index (χ1n) is 11.0. The molecule has 0 heterocycles. The van der Waals surface area contributed by atoms with Gasteiger partial charge in [0.15, 0.2) is 0 Å². The molecule has 11 heteroatoms. The Labute approximate surface area is 212 Å². The van der Waals surface area contributed by atoms with Crippen LogP contribution in [0.25, 0.3) is 0 Å². The van der Waals surface area contributed by atoms with E-state index >= 15 is 0 Å². The normalized spacial score (nSPS) is 12.5. The summed E-state index contributed by atoms with van der Waals surface area (Å²) < 4.78 is 59.1. The van der Waals surface area contributed by atoms with Crippen molar-refractivity contribution in [2.75, 3.05) is 27.7 Å². The highest BCUT2D eigenvalue weighted by Gasteiger charge is 2.29. The van der Waals surface area contributed by atoms with Gasteiger partial charge in [0.25, 0.3) is 10.0 Å². The molecule has 3 rings (SSSR count). The van der Waals surface area contributed by atoms with Crippen molar-refractivity contribution in [3.63, 3.8) is 0 Å². The lowest BCUT2D eigenvalue weighted by atomic mass is 10.1. The van der Waals surface area contributed by atoms with Crippen LogP contribution in [-0.4, -0.2) is 42.2 Å². The summed E-state index contributed by atoms with van der Waals surface area (Å²) in [6, 6.07) is 16.1. The summed E-state index contributed by atoms with van der Waals surface area (Å²) in [4.78, 5) is 12.9. The molecule has 0 aliphatic rings. The smallest absolute Gasteiger partial charge is 0.261 e. The van der Waals surface area contributed by atoms with Crippen LogP contribution in [0.1, 0.15) is 18.1 Å². The van der Waals surface area contributed by atoms with Crippen LogP contribution in [0.15, 0.2) is 71.6 Å². The Morgan fingerprint density at radius 3 is 1.97 bits per heavy atom. The molecule has 0 spiro atoms. The molecular weight excluding hydrogens is 502 g/mol. The zero-order valence-electron chi connectivity index (χ0n) is 20.6. The molecule has 9 nitrogen and oxygen atoms in total. The maximum atomic E-state index is 12.9. The molecule has 36 heavy (non-hydrogen) atoms. The molecule has 1 amide bonds. The monoisotopic (exact) mass is 531 g/mol. The zero-order chi connectivity index (χ0) is 26.7. The van der Waals surface area contributed by atoms with Crippen molar-refractivity contribution in [2.24, 2.45) is 0 Å². The van der Waals surface area contributed by atoms with Crippen LogP contribution in [0.2, 0.25) is 0 Å². The van der Waals surface area contributed by atoms with Gasteiger partial charge in [-0.15, -0.1) is 0 Å². The van der Waals surface area contributed by atoms with Gasteiger partial charge >= 0.3 is 0 Å². The predicted molar refractivity (Wildman–Crippen MR) is 142 cm³/mol. The van der Waals surface area contributed by atoms with E-state index in [9.17, 15) is 21.6 Å². The number of sulfonamides is 2. The summed E-state index contributed by atoms with van der Waals surface area (Å²) in [6.45, 7) is 5.27. The van der Waals surface area contributed by atoms with Gasteiger partial charge in [-0.3, -0.25) is 13.8 Å². The number of rotatable bonds is 9. The number of nitrogens with zero attached hydrogens (tertiary/aromatic N) is 1. The molecule has 0 aromatic heterocycles. The van der Waals surface area contributed by atoms with E-state index in [1.54, 1.807) is 42.5 Å². The Hall–Kier alpha value is -3.57. The summed E-state index contributed by atoms with van der Waals surface area (Å²) in [5, 5.41) is 2.66. The molecule has 0 aliphatic heterocycles. The summed E-state index contributed by atoms with van der Waals surface area (Å²) in [5.74, 6) is 0.0323. The molecule has 0 bridgehead atoms. The number of amides is 1. The third-order valence-electron chi connectivity index (χ3n) is 5.61. The Morgan fingerprint density at radius 1 is 0.861 bits per heavy atom. The van der Waals surface area contributed by atoms with Gasteiger partial charge in [-0.1, -0.05) is 6.07 Å². The molecular formula is C25H29N3O6S2. The van der Waals surface area contributed by atoms with Crippen LogP contribution < -0.4 is 19.1 Å². The number of nitrogens with one attached hydrogen (secondary N) is 2. The van der Waals surface area contributed by atoms with E-state index in [1.807, 2.05) is 13.8 Å². The predicted octanol–water partition coefficient (Wildman–Crippen LogP) is 3.91. The average Bonchev–Trinajstić information content (AvgIpc) is 2.81. The van der Waals surface area contributed by atoms with Crippen molar-refractivity contribution < 1.29 is 26.4 Å². The number of ether oxygens (including phenoxy) is 1. The van der Waals surface area contributed by atoms with Crippen LogP contribution in [0.4, 0.5) is 17.1 Å². The molecule has 0 saturated carbocycles. The van der Waals surface area contributed by atoms with Gasteiger partial charge in [0, 0.05) is 11.4 Å². The van der Waals surface area contributed by atoms with Gasteiger partial charge in [-0.05, 0) is 92.6 Å². The van der Waals surface area contributed by atoms with Crippen LogP contribution in [0.5, 0.6) is 5.75 Å². The van der Waals surface area contributed by atoms with Crippen LogP contribution >= 0.6 is 0 Å². The first kappa shape index (κ1) is 27.0. The van der Waals surface area contributed by atoms with Crippen molar-refractivity contribution in [3.8, 4) is 5.75 Å². The number of hydrogen-bond donors (Lipinski definition) is 2. The second kappa shape index (κ2) is 10.6. The number of benzene rings is 3. The van der Waals surface area contributed by atoms with Crippen molar-refractivity contribution in [3.05, 3.63) is 77.9 Å². The van der Waals surface area contributed by atoms with E-state index in [0.717, 1.165) is 21.7 Å². The molecule has 1 atom stereocenters. The van der Waals surface area contributed by atoms with Gasteiger partial charge in [-0.25, -0.2) is 16.8 Å². The van der Waals surface area contributed by atoms with E-state index in [0.29, 0.717) is 22.8 Å². The quantitative estimate of drug-likeness (QED) is 0.432. The van der Waals surface area contributed by atoms with E-state index in [-0.39, 0.29) is 4.90 Å². The molecule has 0 radical (unpaired) electrons. The highest BCUT2D eigenvalue weighted by Crippen LogP contribution is 2.25. The van der Waals surface area contributed by atoms with Crippen LogP contribution in [0, 0.1) is 13.8 Å². The molecule has 3 aromatic rings. The topological polar surface area (TPSA) is 122 Å². The SMILES string of the molecule is COc1ccc(NS(=O)(=O)c2ccc(NC(=O)[C@H](C)N(c3ccc(C)c(C)c3)S(C)(=O)=O)cc2)cc1. The summed E-state index contributed by atoms with van der Waals surface area (Å²) in [5.41, 5.74) is 2.97. The minimum atomic E-state index is -3.86. The first-order valence-corrected chi connectivity index (χ1v) is 14.3. The average molecular weight is 532 g/mol. The number of carbonyl (C=O) groups excluding carboxylic acids is 1. The van der Waals surface area contributed by atoms with Crippen molar-refractivity contribution in [2.45, 2.75) is 31.7 Å². The lowest BCUT2D eigenvalue weighted by Crippen LogP contribution is -2.45. The van der Waals surface area contributed by atoms with Gasteiger partial charge in [-0.2, -0.15) is 0 Å². The molecule has 2 N–H and O–H groups in total. The fourth-order valence-corrected chi connectivity index (χ4v) is 5.73. The number of carbonyl (C=O) groups is 1. The summed E-state index contributed by atoms with van der Waals surface area (Å²) in [7, 11) is -6.11. The summed E-state index contributed by atoms with van der Waals surface area (Å²) >= 11 is 0. The highest BCUT2D eigenvalue weighted by molar-refractivity contribution is 7.92. The molecule has 0 fully saturated rings. The maximum absolute atomic E-state index is 12.9. The van der Waals surface area contributed by atoms with E-state index in [4.69, 9.17) is 4.74 Å². The standard InChI is InChI=1S/C25H29N3O6S2/c1-17-6-11-22(16-18(17)2)28(35(5,30)31)19(3)25(29)26-20-9-14-24(15-10-20)36(32,33)27-21-7-12-23(34-4)13-8-21/h6-16,19,27H,1-5H3,(H,26,29)/t19-/m0/s1. The van der Waals surface area contributed by atoms with Gasteiger partial charge < -0.3 is 10.1 Å². The second-order valence-electron chi connectivity index (χ2n) is 8.35. The Bertz CT molecular complexity index is 1450. The minimum Gasteiger partial charge on any atom is -0.497 e. The first-order chi connectivity index (χ1) is 16.8. The van der Waals surface area contributed by atoms with Gasteiger partial charge in [0.2, 0.25) is 15.9 Å². The largest absolute Gasteiger partial charge is 0.497 e. The van der Waals surface area contributed by atoms with Crippen molar-refractivity contribution >= 4 is 43.0 Å².